The van der Waals surface area contributed by atoms with Gasteiger partial charge in [-0.1, -0.05) is 18.0 Å². The zero-order chi connectivity index (χ0) is 22.7. The molecule has 2 amide bonds. The van der Waals surface area contributed by atoms with E-state index in [1.54, 1.807) is 0 Å². The molecule has 0 aliphatic rings. The van der Waals surface area contributed by atoms with Gasteiger partial charge in [-0.15, -0.1) is 0 Å². The van der Waals surface area contributed by atoms with Gasteiger partial charge >= 0.3 is 18.0 Å². The number of carboxylic acids is 2. The van der Waals surface area contributed by atoms with Gasteiger partial charge in [-0.25, -0.2) is 9.59 Å². The monoisotopic (exact) mass is 430 g/mol. The fourth-order valence-electron chi connectivity index (χ4n) is 2.61. The molecular weight excluding hydrogens is 400 g/mol. The lowest BCUT2D eigenvalue weighted by molar-refractivity contribution is -0.141. The van der Waals surface area contributed by atoms with Crippen molar-refractivity contribution in [2.75, 3.05) is 6.54 Å². The van der Waals surface area contributed by atoms with Gasteiger partial charge in [0.05, 0.1) is 12.1 Å². The maximum Gasteiger partial charge on any atom is 0.328 e. The summed E-state index contributed by atoms with van der Waals surface area (Å²) in [5, 5.41) is 35.7. The van der Waals surface area contributed by atoms with Crippen LogP contribution in [0.25, 0.3) is 0 Å². The Morgan fingerprint density at radius 3 is 2.40 bits per heavy atom. The van der Waals surface area contributed by atoms with Crippen molar-refractivity contribution in [2.24, 2.45) is 11.5 Å². The van der Waals surface area contributed by atoms with Crippen LogP contribution in [0.2, 0.25) is 0 Å². The summed E-state index contributed by atoms with van der Waals surface area (Å²) in [6.07, 6.45) is 1.46. The van der Waals surface area contributed by atoms with Crippen molar-refractivity contribution in [1.29, 1.82) is 0 Å². The molecule has 170 valence electrons. The minimum absolute atomic E-state index is 0.0530. The number of carbonyl (C=O) groups is 3. The minimum atomic E-state index is -1.55. The Balaban J connectivity index is 2.82. The zero-order valence-corrected chi connectivity index (χ0v) is 16.8. The number of unbranched alkanes of at least 4 members (excludes halogenated alkanes) is 2. The molecule has 1 heterocycles. The quantitative estimate of drug-likeness (QED) is 0.188. The molecule has 0 spiro atoms. The van der Waals surface area contributed by atoms with E-state index in [-0.39, 0.29) is 24.6 Å². The first-order valence-electron chi connectivity index (χ1n) is 9.64. The summed E-state index contributed by atoms with van der Waals surface area (Å²) in [5.41, 5.74) is 11.5. The van der Waals surface area contributed by atoms with E-state index >= 15 is 0 Å². The topological polar surface area (TPSA) is 227 Å². The molecule has 0 saturated heterocycles. The summed E-state index contributed by atoms with van der Waals surface area (Å²) in [7, 11) is 0. The second kappa shape index (κ2) is 12.7. The van der Waals surface area contributed by atoms with Crippen LogP contribution in [-0.2, 0) is 9.59 Å². The third kappa shape index (κ3) is 8.71. The second-order valence-electron chi connectivity index (χ2n) is 6.89. The molecule has 13 heteroatoms. The highest BCUT2D eigenvalue weighted by Crippen LogP contribution is 2.20. The number of hydrogen-bond donors (Lipinski definition) is 7. The van der Waals surface area contributed by atoms with Gasteiger partial charge in [0.2, 0.25) is 5.89 Å². The smallest absolute Gasteiger partial charge is 0.328 e. The average Bonchev–Trinajstić information content (AvgIpc) is 3.16. The molecule has 0 aromatic carbocycles. The van der Waals surface area contributed by atoms with Gasteiger partial charge in [0, 0.05) is 6.42 Å². The zero-order valence-electron chi connectivity index (χ0n) is 16.8. The Labute approximate surface area is 173 Å². The Kier molecular flexibility index (Phi) is 10.7. The van der Waals surface area contributed by atoms with E-state index in [0.717, 1.165) is 19.3 Å². The highest BCUT2D eigenvalue weighted by Gasteiger charge is 2.28. The molecule has 0 fully saturated rings. The largest absolute Gasteiger partial charge is 0.481 e. The predicted molar refractivity (Wildman–Crippen MR) is 103 cm³/mol. The van der Waals surface area contributed by atoms with E-state index in [0.29, 0.717) is 13.0 Å². The lowest BCUT2D eigenvalue weighted by atomic mass is 10.1. The maximum absolute atomic E-state index is 12.2. The summed E-state index contributed by atoms with van der Waals surface area (Å²) >= 11 is 0. The van der Waals surface area contributed by atoms with Crippen LogP contribution in [0.3, 0.4) is 0 Å². The molecule has 4 atom stereocenters. The van der Waals surface area contributed by atoms with Crippen molar-refractivity contribution in [3.05, 3.63) is 11.7 Å². The van der Waals surface area contributed by atoms with Crippen LogP contribution in [-0.4, -0.2) is 62.1 Å². The number of aliphatic hydroxyl groups excluding tert-OH is 1. The molecule has 0 bridgehead atoms. The number of carboxylic acid groups (broad SMARTS) is 2. The minimum Gasteiger partial charge on any atom is -0.481 e. The van der Waals surface area contributed by atoms with Crippen LogP contribution < -0.4 is 22.1 Å². The molecular formula is C17H30N6O7. The second-order valence-corrected chi connectivity index (χ2v) is 6.89. The van der Waals surface area contributed by atoms with E-state index in [1.807, 2.05) is 0 Å². The number of nitrogens with one attached hydrogen (secondary N) is 2. The summed E-state index contributed by atoms with van der Waals surface area (Å²) in [4.78, 5) is 38.4. The molecule has 30 heavy (non-hydrogen) atoms. The third-order valence-electron chi connectivity index (χ3n) is 4.29. The van der Waals surface area contributed by atoms with E-state index in [4.69, 9.17) is 26.2 Å². The van der Waals surface area contributed by atoms with Gasteiger partial charge < -0.3 is 41.9 Å². The normalized spacial score (nSPS) is 15.1. The average molecular weight is 430 g/mol. The molecule has 0 saturated carbocycles. The van der Waals surface area contributed by atoms with Gasteiger partial charge in [-0.05, 0) is 32.7 Å². The molecule has 9 N–H and O–H groups in total. The molecule has 0 aliphatic carbocycles. The van der Waals surface area contributed by atoms with Crippen molar-refractivity contribution in [3.63, 3.8) is 0 Å². The van der Waals surface area contributed by atoms with Gasteiger partial charge in [-0.3, -0.25) is 4.79 Å². The number of rotatable bonds is 14. The molecule has 0 radical (unpaired) electrons. The van der Waals surface area contributed by atoms with Gasteiger partial charge in [0.1, 0.15) is 6.04 Å². The van der Waals surface area contributed by atoms with Gasteiger partial charge in [0.25, 0.3) is 0 Å². The first-order chi connectivity index (χ1) is 14.1. The van der Waals surface area contributed by atoms with Crippen LogP contribution in [0.5, 0.6) is 0 Å². The molecule has 1 unspecified atom stereocenters. The number of urea groups is 1. The van der Waals surface area contributed by atoms with E-state index in [2.05, 4.69) is 20.8 Å². The lowest BCUT2D eigenvalue weighted by Gasteiger charge is -2.20. The summed E-state index contributed by atoms with van der Waals surface area (Å²) in [5.74, 6) is -2.37. The fourth-order valence-corrected chi connectivity index (χ4v) is 2.61. The van der Waals surface area contributed by atoms with Gasteiger partial charge in [-0.2, -0.15) is 4.98 Å². The SMILES string of the molecule is CC(O)[C@H](NC(=O)N[C@@H](CCC(=O)O)c1nc([C@@H](N)CCCCCN)no1)C(=O)O. The summed E-state index contributed by atoms with van der Waals surface area (Å²) in [6, 6.07) is -3.98. The van der Waals surface area contributed by atoms with E-state index < -0.39 is 42.2 Å². The van der Waals surface area contributed by atoms with Crippen LogP contribution in [0, 0.1) is 0 Å². The number of aliphatic hydroxyl groups is 1. The van der Waals surface area contributed by atoms with Crippen molar-refractivity contribution in [2.45, 2.75) is 69.7 Å². The standard InChI is InChI=1S/C17H30N6O7/c1-9(24)13(16(27)28)21-17(29)20-11(6-7-12(25)26)15-22-14(23-30-15)10(19)5-3-2-4-8-18/h9-11,13,24H,2-8,18-19H2,1H3,(H,25,26)(H,27,28)(H2,20,21,29)/t9?,10-,11-,13-/m0/s1. The van der Waals surface area contributed by atoms with Crippen LogP contribution in [0.15, 0.2) is 4.52 Å². The summed E-state index contributed by atoms with van der Waals surface area (Å²) in [6.45, 7) is 1.80. The molecule has 13 nitrogen and oxygen atoms in total. The molecule has 0 aliphatic heterocycles. The number of carbonyl (C=O) groups excluding carboxylic acids is 1. The van der Waals surface area contributed by atoms with E-state index in [9.17, 15) is 19.5 Å². The summed E-state index contributed by atoms with van der Waals surface area (Å²) < 4.78 is 5.15. The van der Waals surface area contributed by atoms with Crippen molar-refractivity contribution in [3.8, 4) is 0 Å². The Bertz CT molecular complexity index is 696. The molecule has 1 aromatic heterocycles. The first-order valence-corrected chi connectivity index (χ1v) is 9.64. The Morgan fingerprint density at radius 1 is 1.13 bits per heavy atom. The number of aromatic nitrogens is 2. The fraction of sp³-hybridized carbons (Fsp3) is 0.706. The van der Waals surface area contributed by atoms with Crippen molar-refractivity contribution >= 4 is 18.0 Å². The number of hydrogen-bond acceptors (Lipinski definition) is 9. The highest BCUT2D eigenvalue weighted by atomic mass is 16.5. The van der Waals surface area contributed by atoms with Crippen LogP contribution in [0.1, 0.15) is 69.2 Å². The molecule has 1 rings (SSSR count). The Morgan fingerprint density at radius 2 is 1.83 bits per heavy atom. The first kappa shape index (κ1) is 25.3. The third-order valence-corrected chi connectivity index (χ3v) is 4.29. The lowest BCUT2D eigenvalue weighted by Crippen LogP contribution is -2.51. The van der Waals surface area contributed by atoms with Crippen molar-refractivity contribution < 1.29 is 34.2 Å². The molecule has 1 aromatic rings. The number of nitrogens with zero attached hydrogens (tertiary/aromatic N) is 2. The van der Waals surface area contributed by atoms with E-state index in [1.165, 1.54) is 6.92 Å². The predicted octanol–water partition coefficient (Wildman–Crippen LogP) is -0.372. The van der Waals surface area contributed by atoms with Crippen LogP contribution in [0.4, 0.5) is 4.79 Å². The number of nitrogens with two attached hydrogens (primary N) is 2. The number of amides is 2. The highest BCUT2D eigenvalue weighted by molar-refractivity contribution is 5.83. The van der Waals surface area contributed by atoms with Gasteiger partial charge in [0.15, 0.2) is 11.9 Å². The maximum atomic E-state index is 12.2. The van der Waals surface area contributed by atoms with Crippen LogP contribution >= 0.6 is 0 Å². The van der Waals surface area contributed by atoms with Crippen molar-refractivity contribution in [1.82, 2.24) is 20.8 Å². The number of aliphatic carboxylic acids is 2. The Hall–Kier alpha value is -2.77.